The summed E-state index contributed by atoms with van der Waals surface area (Å²) in [6.07, 6.45) is 3.76. The Balaban J connectivity index is 2.16. The zero-order valence-electron chi connectivity index (χ0n) is 11.7. The average Bonchev–Trinajstić information content (AvgIpc) is 2.39. The molecule has 1 saturated heterocycles. The Labute approximate surface area is 124 Å². The largest absolute Gasteiger partial charge is 0.496 e. The molecule has 1 aliphatic heterocycles. The van der Waals surface area contributed by atoms with Crippen molar-refractivity contribution in [1.82, 2.24) is 4.90 Å². The molecule has 0 amide bonds. The summed E-state index contributed by atoms with van der Waals surface area (Å²) in [5.41, 5.74) is 7.36. The average molecular weight is 327 g/mol. The van der Waals surface area contributed by atoms with Crippen molar-refractivity contribution in [2.75, 3.05) is 13.7 Å². The molecule has 0 bridgehead atoms. The number of likely N-dealkylation sites (tertiary alicyclic amines) is 1. The summed E-state index contributed by atoms with van der Waals surface area (Å²) >= 11 is 3.54. The number of ether oxygens (including phenoxy) is 1. The molecule has 2 rings (SSSR count). The van der Waals surface area contributed by atoms with Gasteiger partial charge in [0.05, 0.1) is 7.11 Å². The molecule has 4 heteroatoms. The minimum absolute atomic E-state index is 0.221. The van der Waals surface area contributed by atoms with Crippen molar-refractivity contribution in [3.8, 4) is 5.75 Å². The van der Waals surface area contributed by atoms with Gasteiger partial charge in [-0.3, -0.25) is 4.90 Å². The van der Waals surface area contributed by atoms with Gasteiger partial charge in [0.1, 0.15) is 5.75 Å². The van der Waals surface area contributed by atoms with Gasteiger partial charge in [-0.2, -0.15) is 0 Å². The molecule has 1 aromatic rings. The monoisotopic (exact) mass is 326 g/mol. The first kappa shape index (κ1) is 14.8. The Hall–Kier alpha value is -0.580. The summed E-state index contributed by atoms with van der Waals surface area (Å²) < 4.78 is 6.55. The van der Waals surface area contributed by atoms with Crippen LogP contribution in [-0.2, 0) is 6.54 Å². The van der Waals surface area contributed by atoms with Crippen molar-refractivity contribution >= 4 is 15.9 Å². The van der Waals surface area contributed by atoms with Crippen molar-refractivity contribution in [2.24, 2.45) is 5.73 Å². The third kappa shape index (κ3) is 3.71. The number of benzene rings is 1. The quantitative estimate of drug-likeness (QED) is 0.923. The van der Waals surface area contributed by atoms with Crippen LogP contribution in [0.3, 0.4) is 0 Å². The fourth-order valence-corrected chi connectivity index (χ4v) is 3.31. The minimum Gasteiger partial charge on any atom is -0.496 e. The Morgan fingerprint density at radius 2 is 2.26 bits per heavy atom. The van der Waals surface area contributed by atoms with E-state index in [-0.39, 0.29) is 6.04 Å². The molecule has 0 aromatic heterocycles. The molecule has 1 heterocycles. The molecule has 0 saturated carbocycles. The van der Waals surface area contributed by atoms with E-state index in [1.807, 2.05) is 12.1 Å². The Bertz CT molecular complexity index is 423. The number of nitrogens with two attached hydrogens (primary N) is 1. The zero-order valence-corrected chi connectivity index (χ0v) is 13.3. The smallest absolute Gasteiger partial charge is 0.123 e. The molecule has 0 radical (unpaired) electrons. The van der Waals surface area contributed by atoms with E-state index >= 15 is 0 Å². The van der Waals surface area contributed by atoms with E-state index in [1.165, 1.54) is 24.8 Å². The van der Waals surface area contributed by atoms with Crippen molar-refractivity contribution in [3.63, 3.8) is 0 Å². The topological polar surface area (TPSA) is 38.5 Å². The second kappa shape index (κ2) is 6.73. The lowest BCUT2D eigenvalue weighted by Crippen LogP contribution is -2.48. The van der Waals surface area contributed by atoms with E-state index < -0.39 is 0 Å². The Morgan fingerprint density at radius 3 is 2.95 bits per heavy atom. The van der Waals surface area contributed by atoms with Gasteiger partial charge < -0.3 is 10.5 Å². The molecule has 1 fully saturated rings. The maximum Gasteiger partial charge on any atom is 0.123 e. The number of piperidine rings is 1. The molecular formula is C15H23BrN2O. The van der Waals surface area contributed by atoms with E-state index in [1.54, 1.807) is 7.11 Å². The van der Waals surface area contributed by atoms with Crippen LogP contribution >= 0.6 is 15.9 Å². The summed E-state index contributed by atoms with van der Waals surface area (Å²) in [6.45, 7) is 4.15. The Kier molecular flexibility index (Phi) is 5.25. The fraction of sp³-hybridized carbons (Fsp3) is 0.600. The van der Waals surface area contributed by atoms with Gasteiger partial charge in [0.25, 0.3) is 0 Å². The number of hydrogen-bond donors (Lipinski definition) is 1. The number of hydrogen-bond acceptors (Lipinski definition) is 3. The van der Waals surface area contributed by atoms with Crippen LogP contribution in [-0.4, -0.2) is 30.6 Å². The minimum atomic E-state index is 0.221. The van der Waals surface area contributed by atoms with Crippen molar-refractivity contribution in [1.29, 1.82) is 0 Å². The maximum absolute atomic E-state index is 6.13. The van der Waals surface area contributed by atoms with Crippen LogP contribution < -0.4 is 10.5 Å². The molecule has 3 nitrogen and oxygen atoms in total. The van der Waals surface area contributed by atoms with Gasteiger partial charge in [0.15, 0.2) is 0 Å². The molecule has 1 aromatic carbocycles. The van der Waals surface area contributed by atoms with Crippen LogP contribution in [0.25, 0.3) is 0 Å². The van der Waals surface area contributed by atoms with E-state index in [0.717, 1.165) is 23.3 Å². The first-order valence-corrected chi connectivity index (χ1v) is 7.73. The lowest BCUT2D eigenvalue weighted by atomic mass is 9.96. The van der Waals surface area contributed by atoms with Crippen molar-refractivity contribution in [3.05, 3.63) is 28.2 Å². The summed E-state index contributed by atoms with van der Waals surface area (Å²) in [7, 11) is 1.73. The lowest BCUT2D eigenvalue weighted by molar-refractivity contribution is 0.122. The van der Waals surface area contributed by atoms with E-state index in [0.29, 0.717) is 6.04 Å². The SMILES string of the molecule is COc1ccc(Br)cc1CN1CCCCC1C(C)N. The highest BCUT2D eigenvalue weighted by Crippen LogP contribution is 2.27. The number of nitrogens with zero attached hydrogens (tertiary/aromatic N) is 1. The van der Waals surface area contributed by atoms with E-state index in [4.69, 9.17) is 10.5 Å². The van der Waals surface area contributed by atoms with Crippen molar-refractivity contribution in [2.45, 2.75) is 44.8 Å². The van der Waals surface area contributed by atoms with Gasteiger partial charge in [0.2, 0.25) is 0 Å². The van der Waals surface area contributed by atoms with Crippen LogP contribution in [0.4, 0.5) is 0 Å². The highest BCUT2D eigenvalue weighted by atomic mass is 79.9. The highest BCUT2D eigenvalue weighted by Gasteiger charge is 2.26. The number of rotatable bonds is 4. The van der Waals surface area contributed by atoms with Crippen LogP contribution in [0.2, 0.25) is 0 Å². The van der Waals surface area contributed by atoms with Crippen LogP contribution in [0, 0.1) is 0 Å². The van der Waals surface area contributed by atoms with Gasteiger partial charge >= 0.3 is 0 Å². The molecule has 0 aliphatic carbocycles. The van der Waals surface area contributed by atoms with Gasteiger partial charge in [-0.15, -0.1) is 0 Å². The van der Waals surface area contributed by atoms with Gasteiger partial charge in [-0.05, 0) is 44.5 Å². The Morgan fingerprint density at radius 1 is 1.47 bits per heavy atom. The summed E-state index contributed by atoms with van der Waals surface area (Å²) in [4.78, 5) is 2.50. The highest BCUT2D eigenvalue weighted by molar-refractivity contribution is 9.10. The molecule has 1 aliphatic rings. The third-order valence-corrected chi connectivity index (χ3v) is 4.38. The molecular weight excluding hydrogens is 304 g/mol. The van der Waals surface area contributed by atoms with Gasteiger partial charge in [0, 0.05) is 28.7 Å². The maximum atomic E-state index is 6.13. The predicted octanol–water partition coefficient (Wildman–Crippen LogP) is 3.16. The van der Waals surface area contributed by atoms with Crippen molar-refractivity contribution < 1.29 is 4.74 Å². The number of halogens is 1. The second-order valence-electron chi connectivity index (χ2n) is 5.35. The van der Waals surface area contributed by atoms with Gasteiger partial charge in [-0.25, -0.2) is 0 Å². The first-order chi connectivity index (χ1) is 9.11. The van der Waals surface area contributed by atoms with Gasteiger partial charge in [-0.1, -0.05) is 22.4 Å². The molecule has 106 valence electrons. The first-order valence-electron chi connectivity index (χ1n) is 6.94. The van der Waals surface area contributed by atoms with Crippen LogP contribution in [0.1, 0.15) is 31.7 Å². The predicted molar refractivity (Wildman–Crippen MR) is 82.4 cm³/mol. The summed E-state index contributed by atoms with van der Waals surface area (Å²) in [6, 6.07) is 6.88. The molecule has 2 N–H and O–H groups in total. The summed E-state index contributed by atoms with van der Waals surface area (Å²) in [5, 5.41) is 0. The second-order valence-corrected chi connectivity index (χ2v) is 6.26. The molecule has 2 atom stereocenters. The van der Waals surface area contributed by atoms with E-state index in [9.17, 15) is 0 Å². The standard InChI is InChI=1S/C15H23BrN2O/c1-11(17)14-5-3-4-8-18(14)10-12-9-13(16)6-7-15(12)19-2/h6-7,9,11,14H,3-5,8,10,17H2,1-2H3. The van der Waals surface area contributed by atoms with Crippen LogP contribution in [0.5, 0.6) is 5.75 Å². The summed E-state index contributed by atoms with van der Waals surface area (Å²) in [5.74, 6) is 0.956. The molecule has 0 spiro atoms. The number of methoxy groups -OCH3 is 1. The third-order valence-electron chi connectivity index (χ3n) is 3.89. The fourth-order valence-electron chi connectivity index (χ4n) is 2.90. The van der Waals surface area contributed by atoms with E-state index in [2.05, 4.69) is 33.8 Å². The van der Waals surface area contributed by atoms with Crippen LogP contribution in [0.15, 0.2) is 22.7 Å². The zero-order chi connectivity index (χ0) is 13.8. The lowest BCUT2D eigenvalue weighted by Gasteiger charge is -2.38. The molecule has 19 heavy (non-hydrogen) atoms. The normalized spacial score (nSPS) is 22.2. The molecule has 2 unspecified atom stereocenters.